The highest BCUT2D eigenvalue weighted by Gasteiger charge is 2.29. The van der Waals surface area contributed by atoms with E-state index in [2.05, 4.69) is 10.4 Å². The fourth-order valence-corrected chi connectivity index (χ4v) is 2.07. The van der Waals surface area contributed by atoms with Crippen LogP contribution in [0, 0.1) is 0 Å². The van der Waals surface area contributed by atoms with E-state index in [0.29, 0.717) is 13.1 Å². The fourth-order valence-electron chi connectivity index (χ4n) is 2.07. The van der Waals surface area contributed by atoms with Gasteiger partial charge in [-0.2, -0.15) is 5.10 Å². The number of aromatic nitrogens is 2. The third-order valence-corrected chi connectivity index (χ3v) is 3.09. The predicted octanol–water partition coefficient (Wildman–Crippen LogP) is 0.317. The molecule has 0 aliphatic carbocycles. The van der Waals surface area contributed by atoms with Gasteiger partial charge in [-0.3, -0.25) is 9.48 Å². The second-order valence-corrected chi connectivity index (χ2v) is 4.47. The molecule has 0 bridgehead atoms. The van der Waals surface area contributed by atoms with Crippen LogP contribution in [-0.4, -0.2) is 41.0 Å². The summed E-state index contributed by atoms with van der Waals surface area (Å²) >= 11 is 0. The third kappa shape index (κ3) is 4.81. The number of aryl methyl sites for hydroxylation is 1. The van der Waals surface area contributed by atoms with E-state index < -0.39 is 0 Å². The molecule has 1 aliphatic rings. The zero-order valence-corrected chi connectivity index (χ0v) is 11.6. The van der Waals surface area contributed by atoms with Gasteiger partial charge in [0, 0.05) is 32.0 Å². The van der Waals surface area contributed by atoms with Crippen LogP contribution in [-0.2, 0) is 16.1 Å². The van der Waals surface area contributed by atoms with Gasteiger partial charge in [-0.15, -0.1) is 12.4 Å². The van der Waals surface area contributed by atoms with Gasteiger partial charge < -0.3 is 15.8 Å². The van der Waals surface area contributed by atoms with Crippen molar-refractivity contribution in [2.75, 3.05) is 13.1 Å². The number of carbonyl (C=O) groups is 1. The monoisotopic (exact) mass is 288 g/mol. The molecule has 0 saturated carbocycles. The number of hydrogen-bond donors (Lipinski definition) is 2. The summed E-state index contributed by atoms with van der Waals surface area (Å²) in [5, 5.41) is 6.98. The smallest absolute Gasteiger partial charge is 0.249 e. The van der Waals surface area contributed by atoms with E-state index >= 15 is 0 Å². The van der Waals surface area contributed by atoms with E-state index in [1.54, 1.807) is 6.20 Å². The highest BCUT2D eigenvalue weighted by Crippen LogP contribution is 2.18. The van der Waals surface area contributed by atoms with Crippen molar-refractivity contribution in [3.8, 4) is 0 Å². The number of nitrogens with two attached hydrogens (primary N) is 1. The molecule has 108 valence electrons. The van der Waals surface area contributed by atoms with Crippen molar-refractivity contribution >= 4 is 18.3 Å². The van der Waals surface area contributed by atoms with Gasteiger partial charge in [0.25, 0.3) is 0 Å². The van der Waals surface area contributed by atoms with Gasteiger partial charge in [-0.05, 0) is 25.3 Å². The Labute approximate surface area is 119 Å². The molecule has 2 atom stereocenters. The predicted molar refractivity (Wildman–Crippen MR) is 74.1 cm³/mol. The van der Waals surface area contributed by atoms with Crippen molar-refractivity contribution in [3.05, 3.63) is 18.5 Å². The van der Waals surface area contributed by atoms with Gasteiger partial charge in [0.1, 0.15) is 6.10 Å². The molecule has 0 spiro atoms. The Morgan fingerprint density at radius 1 is 1.53 bits per heavy atom. The summed E-state index contributed by atoms with van der Waals surface area (Å²) in [5.41, 5.74) is 5.51. The maximum atomic E-state index is 11.8. The number of ether oxygens (including phenoxy) is 1. The van der Waals surface area contributed by atoms with Gasteiger partial charge in [0.05, 0.1) is 6.10 Å². The van der Waals surface area contributed by atoms with E-state index in [9.17, 15) is 4.79 Å². The molecule has 0 aromatic carbocycles. The van der Waals surface area contributed by atoms with E-state index in [0.717, 1.165) is 25.8 Å². The third-order valence-electron chi connectivity index (χ3n) is 3.09. The Kier molecular flexibility index (Phi) is 6.83. The molecule has 19 heavy (non-hydrogen) atoms. The highest BCUT2D eigenvalue weighted by atomic mass is 35.5. The number of halogens is 1. The van der Waals surface area contributed by atoms with E-state index in [1.165, 1.54) is 0 Å². The summed E-state index contributed by atoms with van der Waals surface area (Å²) in [7, 11) is 0. The summed E-state index contributed by atoms with van der Waals surface area (Å²) in [6, 6.07) is 1.89. The van der Waals surface area contributed by atoms with Crippen LogP contribution in [0.1, 0.15) is 19.3 Å². The molecule has 1 aromatic heterocycles. The molecular formula is C12H21ClN4O2. The van der Waals surface area contributed by atoms with Gasteiger partial charge in [-0.1, -0.05) is 0 Å². The van der Waals surface area contributed by atoms with Gasteiger partial charge in [0.2, 0.25) is 5.91 Å². The van der Waals surface area contributed by atoms with E-state index in [-0.39, 0.29) is 30.5 Å². The van der Waals surface area contributed by atoms with Crippen LogP contribution in [0.15, 0.2) is 18.5 Å². The van der Waals surface area contributed by atoms with E-state index in [4.69, 9.17) is 10.5 Å². The SMILES string of the molecule is Cl.NC[C@H]1CC[C@@H](C(=O)NCCCn2cccn2)O1. The topological polar surface area (TPSA) is 82.2 Å². The molecule has 2 heterocycles. The highest BCUT2D eigenvalue weighted by molar-refractivity contribution is 5.85. The van der Waals surface area contributed by atoms with Gasteiger partial charge >= 0.3 is 0 Å². The first-order valence-electron chi connectivity index (χ1n) is 6.40. The Balaban J connectivity index is 0.00000180. The van der Waals surface area contributed by atoms with Crippen LogP contribution >= 0.6 is 12.4 Å². The van der Waals surface area contributed by atoms with Gasteiger partial charge in [-0.25, -0.2) is 0 Å². The average Bonchev–Trinajstić information content (AvgIpc) is 3.05. The number of carbonyl (C=O) groups excluding carboxylic acids is 1. The van der Waals surface area contributed by atoms with E-state index in [1.807, 2.05) is 16.9 Å². The number of hydrogen-bond acceptors (Lipinski definition) is 4. The number of amides is 1. The number of nitrogens with zero attached hydrogens (tertiary/aromatic N) is 2. The molecule has 1 aliphatic heterocycles. The average molecular weight is 289 g/mol. The van der Waals surface area contributed by atoms with Crippen molar-refractivity contribution in [2.24, 2.45) is 5.73 Å². The first-order chi connectivity index (χ1) is 8.79. The van der Waals surface area contributed by atoms with Crippen LogP contribution in [0.5, 0.6) is 0 Å². The van der Waals surface area contributed by atoms with Crippen LogP contribution < -0.4 is 11.1 Å². The lowest BCUT2D eigenvalue weighted by molar-refractivity contribution is -0.131. The van der Waals surface area contributed by atoms with Crippen LogP contribution in [0.3, 0.4) is 0 Å². The normalized spacial score (nSPS) is 21.9. The summed E-state index contributed by atoms with van der Waals surface area (Å²) in [4.78, 5) is 11.8. The Morgan fingerprint density at radius 2 is 2.37 bits per heavy atom. The molecule has 6 nitrogen and oxygen atoms in total. The van der Waals surface area contributed by atoms with Crippen molar-refractivity contribution < 1.29 is 9.53 Å². The first kappa shape index (κ1) is 15.9. The second-order valence-electron chi connectivity index (χ2n) is 4.47. The quantitative estimate of drug-likeness (QED) is 0.739. The zero-order chi connectivity index (χ0) is 12.8. The minimum absolute atomic E-state index is 0. The second kappa shape index (κ2) is 8.14. The molecule has 1 saturated heterocycles. The minimum Gasteiger partial charge on any atom is -0.364 e. The van der Waals surface area contributed by atoms with Crippen molar-refractivity contribution in [1.82, 2.24) is 15.1 Å². The summed E-state index contributed by atoms with van der Waals surface area (Å²) in [5.74, 6) is -0.0218. The fraction of sp³-hybridized carbons (Fsp3) is 0.667. The maximum Gasteiger partial charge on any atom is 0.249 e. The van der Waals surface area contributed by atoms with Gasteiger partial charge in [0.15, 0.2) is 0 Å². The molecule has 0 radical (unpaired) electrons. The minimum atomic E-state index is -0.316. The zero-order valence-electron chi connectivity index (χ0n) is 10.8. The maximum absolute atomic E-state index is 11.8. The first-order valence-corrected chi connectivity index (χ1v) is 6.40. The Hall–Kier alpha value is -1.11. The molecule has 3 N–H and O–H groups in total. The Morgan fingerprint density at radius 3 is 3.00 bits per heavy atom. The van der Waals surface area contributed by atoms with Crippen LogP contribution in [0.4, 0.5) is 0 Å². The lowest BCUT2D eigenvalue weighted by atomic mass is 10.2. The number of nitrogens with one attached hydrogen (secondary N) is 1. The summed E-state index contributed by atoms with van der Waals surface area (Å²) in [6.07, 6.45) is 5.90. The molecule has 7 heteroatoms. The lowest BCUT2D eigenvalue weighted by Crippen LogP contribution is -2.36. The molecule has 2 rings (SSSR count). The van der Waals surface area contributed by atoms with Crippen LogP contribution in [0.25, 0.3) is 0 Å². The molecule has 0 unspecified atom stereocenters. The largest absolute Gasteiger partial charge is 0.364 e. The van der Waals surface area contributed by atoms with Crippen molar-refractivity contribution in [1.29, 1.82) is 0 Å². The summed E-state index contributed by atoms with van der Waals surface area (Å²) < 4.78 is 7.37. The molecular weight excluding hydrogens is 268 g/mol. The standard InChI is InChI=1S/C12H20N4O2.ClH/c13-9-10-3-4-11(18-10)12(17)14-5-1-7-16-8-2-6-15-16;/h2,6,8,10-11H,1,3-5,7,9,13H2,(H,14,17);1H/t10-,11+;/m1./s1. The molecule has 1 amide bonds. The lowest BCUT2D eigenvalue weighted by Gasteiger charge is -2.12. The molecule has 1 aromatic rings. The number of rotatable bonds is 6. The molecule has 1 fully saturated rings. The van der Waals surface area contributed by atoms with Crippen LogP contribution in [0.2, 0.25) is 0 Å². The summed E-state index contributed by atoms with van der Waals surface area (Å²) in [6.45, 7) is 1.94. The van der Waals surface area contributed by atoms with Crippen molar-refractivity contribution in [2.45, 2.75) is 38.0 Å². The Bertz CT molecular complexity index is 372. The van der Waals surface area contributed by atoms with Crippen molar-refractivity contribution in [3.63, 3.8) is 0 Å².